The van der Waals surface area contributed by atoms with Gasteiger partial charge in [0.2, 0.25) is 0 Å². The lowest BCUT2D eigenvalue weighted by Crippen LogP contribution is -2.37. The molecule has 0 bridgehead atoms. The Kier molecular flexibility index (Phi) is 8.96. The molecule has 1 N–H and O–H groups in total. The molecule has 1 fully saturated rings. The Labute approximate surface area is 226 Å². The normalized spacial score (nSPS) is 17.1. The second-order valence-electron chi connectivity index (χ2n) is 10.3. The van der Waals surface area contributed by atoms with E-state index in [4.69, 9.17) is 9.15 Å². The average molecular weight is 529 g/mol. The molecule has 0 unspecified atom stereocenters. The van der Waals surface area contributed by atoms with Crippen LogP contribution in [0.15, 0.2) is 114 Å². The highest BCUT2D eigenvalue weighted by Gasteiger charge is 2.45. The smallest absolute Gasteiger partial charge is 0.149 e. The highest BCUT2D eigenvalue weighted by atomic mass is 31.2. The molecule has 3 aromatic carbocycles. The van der Waals surface area contributed by atoms with Crippen molar-refractivity contribution in [3.8, 4) is 0 Å². The lowest BCUT2D eigenvalue weighted by atomic mass is 9.83. The Morgan fingerprint density at radius 3 is 1.92 bits per heavy atom. The number of rotatable bonds is 11. The van der Waals surface area contributed by atoms with Gasteiger partial charge in [-0.3, -0.25) is 0 Å². The molecule has 5 rings (SSSR count). The van der Waals surface area contributed by atoms with Crippen LogP contribution in [0.3, 0.4) is 0 Å². The van der Waals surface area contributed by atoms with Crippen LogP contribution in [0.4, 0.5) is 0 Å². The predicted molar refractivity (Wildman–Crippen MR) is 153 cm³/mol. The van der Waals surface area contributed by atoms with Crippen LogP contribution in [0.5, 0.6) is 0 Å². The second kappa shape index (κ2) is 12.8. The van der Waals surface area contributed by atoms with Crippen molar-refractivity contribution < 1.29 is 18.8 Å². The number of hydrogen-bond acceptors (Lipinski definition) is 4. The zero-order valence-corrected chi connectivity index (χ0v) is 22.7. The number of hydrogen-bond donors (Lipinski definition) is 1. The lowest BCUT2D eigenvalue weighted by molar-refractivity contribution is -0.0230. The first kappa shape index (κ1) is 26.7. The first-order valence-corrected chi connectivity index (χ1v) is 15.5. The molecule has 1 aromatic heterocycles. The third-order valence-corrected chi connectivity index (χ3v) is 11.5. The van der Waals surface area contributed by atoms with Gasteiger partial charge in [0.1, 0.15) is 19.0 Å². The summed E-state index contributed by atoms with van der Waals surface area (Å²) < 4.78 is 27.8. The standard InChI is InChI=1S/C33H37O4P/c34-33(30-22-13-23-36-30)32(38(35,28-18-9-3-10-19-28)29-20-11-4-12-21-29)24-31(27-16-7-2-8-17-27)37-25-26-14-5-1-6-15-26/h1,3-6,9-15,18-23,27,31-34H,2,7-8,16-17,24-25H2/t31-,32+,33-/m1/s1. The quantitative estimate of drug-likeness (QED) is 0.208. The summed E-state index contributed by atoms with van der Waals surface area (Å²) in [6.45, 7) is 0.493. The highest BCUT2D eigenvalue weighted by Crippen LogP contribution is 2.55. The molecule has 4 aromatic rings. The summed E-state index contributed by atoms with van der Waals surface area (Å²) in [4.78, 5) is 0. The van der Waals surface area contributed by atoms with Gasteiger partial charge >= 0.3 is 0 Å². The molecule has 0 saturated heterocycles. The largest absolute Gasteiger partial charge is 0.467 e. The minimum Gasteiger partial charge on any atom is -0.467 e. The zero-order valence-electron chi connectivity index (χ0n) is 21.8. The molecule has 38 heavy (non-hydrogen) atoms. The summed E-state index contributed by atoms with van der Waals surface area (Å²) in [5, 5.41) is 13.3. The third kappa shape index (κ3) is 6.04. The van der Waals surface area contributed by atoms with Gasteiger partial charge < -0.3 is 18.8 Å². The number of furan rings is 1. The molecular formula is C33H37O4P. The van der Waals surface area contributed by atoms with Crippen molar-refractivity contribution in [1.82, 2.24) is 0 Å². The van der Waals surface area contributed by atoms with Crippen LogP contribution in [-0.4, -0.2) is 16.9 Å². The van der Waals surface area contributed by atoms with E-state index in [0.717, 1.165) is 29.0 Å². The van der Waals surface area contributed by atoms with E-state index < -0.39 is 18.9 Å². The van der Waals surface area contributed by atoms with Crippen LogP contribution in [-0.2, 0) is 15.9 Å². The van der Waals surface area contributed by atoms with Crippen LogP contribution < -0.4 is 10.6 Å². The summed E-state index contributed by atoms with van der Waals surface area (Å²) in [5.41, 5.74) is 0.506. The van der Waals surface area contributed by atoms with Crippen molar-refractivity contribution in [2.24, 2.45) is 5.92 Å². The molecule has 1 aliphatic rings. The number of ether oxygens (including phenoxy) is 1. The van der Waals surface area contributed by atoms with E-state index in [9.17, 15) is 5.11 Å². The Balaban J connectivity index is 1.57. The molecule has 0 aliphatic heterocycles. The minimum absolute atomic E-state index is 0.133. The summed E-state index contributed by atoms with van der Waals surface area (Å²) in [7, 11) is -3.32. The second-order valence-corrected chi connectivity index (χ2v) is 13.3. The van der Waals surface area contributed by atoms with Crippen molar-refractivity contribution in [2.75, 3.05) is 0 Å². The van der Waals surface area contributed by atoms with Crippen molar-refractivity contribution >= 4 is 17.8 Å². The van der Waals surface area contributed by atoms with Gasteiger partial charge in [-0.15, -0.1) is 0 Å². The summed E-state index contributed by atoms with van der Waals surface area (Å²) in [6.07, 6.45) is 6.64. The van der Waals surface area contributed by atoms with Gasteiger partial charge in [-0.25, -0.2) is 0 Å². The Morgan fingerprint density at radius 1 is 0.789 bits per heavy atom. The Morgan fingerprint density at radius 2 is 1.37 bits per heavy atom. The van der Waals surface area contributed by atoms with Crippen LogP contribution in [0, 0.1) is 5.92 Å². The number of aliphatic hydroxyl groups excluding tert-OH is 1. The summed E-state index contributed by atoms with van der Waals surface area (Å²) in [5.74, 6) is 0.798. The van der Waals surface area contributed by atoms with Crippen LogP contribution in [0.1, 0.15) is 56.0 Å². The van der Waals surface area contributed by atoms with Gasteiger partial charge in [-0.05, 0) is 42.9 Å². The van der Waals surface area contributed by atoms with Gasteiger partial charge in [0.05, 0.1) is 24.6 Å². The highest BCUT2D eigenvalue weighted by molar-refractivity contribution is 7.79. The van der Waals surface area contributed by atoms with Crippen LogP contribution in [0.25, 0.3) is 0 Å². The number of benzene rings is 3. The van der Waals surface area contributed by atoms with Gasteiger partial charge in [0.25, 0.3) is 0 Å². The monoisotopic (exact) mass is 528 g/mol. The molecule has 1 heterocycles. The minimum atomic E-state index is -3.32. The molecule has 198 valence electrons. The molecular weight excluding hydrogens is 491 g/mol. The van der Waals surface area contributed by atoms with Gasteiger partial charge in [0.15, 0.2) is 0 Å². The third-order valence-electron chi connectivity index (χ3n) is 7.90. The maximum absolute atomic E-state index is 15.5. The molecule has 4 nitrogen and oxygen atoms in total. The Bertz CT molecular complexity index is 1230. The molecule has 1 saturated carbocycles. The van der Waals surface area contributed by atoms with E-state index in [0.29, 0.717) is 24.7 Å². The van der Waals surface area contributed by atoms with Crippen molar-refractivity contribution in [2.45, 2.75) is 63.0 Å². The molecule has 1 aliphatic carbocycles. The molecule has 5 heteroatoms. The fourth-order valence-electron chi connectivity index (χ4n) is 5.87. The maximum atomic E-state index is 15.5. The van der Waals surface area contributed by atoms with E-state index in [1.165, 1.54) is 19.3 Å². The number of aliphatic hydroxyl groups is 1. The average Bonchev–Trinajstić information content (AvgIpc) is 3.54. The first-order valence-electron chi connectivity index (χ1n) is 13.7. The summed E-state index contributed by atoms with van der Waals surface area (Å²) >= 11 is 0. The van der Waals surface area contributed by atoms with Crippen molar-refractivity contribution in [3.63, 3.8) is 0 Å². The fourth-order valence-corrected chi connectivity index (χ4v) is 9.22. The van der Waals surface area contributed by atoms with E-state index in [-0.39, 0.29) is 6.10 Å². The predicted octanol–water partition coefficient (Wildman–Crippen LogP) is 7.25. The molecule has 3 atom stereocenters. The zero-order chi connectivity index (χ0) is 26.2. The molecule has 0 amide bonds. The lowest BCUT2D eigenvalue weighted by Gasteiger charge is -2.37. The first-order chi connectivity index (χ1) is 18.7. The van der Waals surface area contributed by atoms with Crippen molar-refractivity contribution in [3.05, 3.63) is 121 Å². The topological polar surface area (TPSA) is 59.7 Å². The van der Waals surface area contributed by atoms with Crippen molar-refractivity contribution in [1.29, 1.82) is 0 Å². The fraction of sp³-hybridized carbons (Fsp3) is 0.333. The van der Waals surface area contributed by atoms with E-state index >= 15 is 4.57 Å². The van der Waals surface area contributed by atoms with E-state index in [1.807, 2.05) is 78.9 Å². The van der Waals surface area contributed by atoms with E-state index in [2.05, 4.69) is 12.1 Å². The van der Waals surface area contributed by atoms with Crippen LogP contribution in [0.2, 0.25) is 0 Å². The van der Waals surface area contributed by atoms with Gasteiger partial charge in [-0.2, -0.15) is 0 Å². The molecule has 0 radical (unpaired) electrons. The van der Waals surface area contributed by atoms with Gasteiger partial charge in [0, 0.05) is 10.6 Å². The molecule has 0 spiro atoms. The maximum Gasteiger partial charge on any atom is 0.149 e. The SMILES string of the molecule is O=P(c1ccccc1)(c1ccccc1)[C@@H](C[C@@H](OCc1ccccc1)C1CCCCC1)[C@H](O)c1ccco1. The summed E-state index contributed by atoms with van der Waals surface area (Å²) in [6, 6.07) is 33.0. The Hall–Kier alpha value is -2.91. The van der Waals surface area contributed by atoms with E-state index in [1.54, 1.807) is 18.4 Å². The van der Waals surface area contributed by atoms with Gasteiger partial charge in [-0.1, -0.05) is 110 Å². The van der Waals surface area contributed by atoms with Crippen LogP contribution >= 0.6 is 7.14 Å².